The smallest absolute Gasteiger partial charge is 0.327 e. The van der Waals surface area contributed by atoms with Crippen molar-refractivity contribution in [1.29, 1.82) is 0 Å². The minimum absolute atomic E-state index is 0.0822. The van der Waals surface area contributed by atoms with Gasteiger partial charge >= 0.3 is 5.97 Å². The lowest BCUT2D eigenvalue weighted by Crippen LogP contribution is -2.65. The summed E-state index contributed by atoms with van der Waals surface area (Å²) in [7, 11) is 0. The molecule has 2 aromatic carbocycles. The number of carbonyl (C=O) groups is 2. The lowest BCUT2D eigenvalue weighted by atomic mass is 9.86. The molecular weight excluding hydrogens is 567 g/mol. The van der Waals surface area contributed by atoms with Crippen molar-refractivity contribution in [2.75, 3.05) is 32.7 Å². The van der Waals surface area contributed by atoms with E-state index >= 15 is 8.78 Å². The van der Waals surface area contributed by atoms with Gasteiger partial charge in [0.1, 0.15) is 28.6 Å². The van der Waals surface area contributed by atoms with Gasteiger partial charge in [-0.25, -0.2) is 13.2 Å². The van der Waals surface area contributed by atoms with E-state index < -0.39 is 40.6 Å². The fourth-order valence-electron chi connectivity index (χ4n) is 6.53. The summed E-state index contributed by atoms with van der Waals surface area (Å²) in [6, 6.07) is 8.32. The molecule has 0 spiro atoms. The molecule has 1 amide bonds. The molecular formula is C35H48F3N3O3. The van der Waals surface area contributed by atoms with Gasteiger partial charge < -0.3 is 9.64 Å². The molecule has 0 N–H and O–H groups in total. The van der Waals surface area contributed by atoms with Gasteiger partial charge in [0.25, 0.3) is 0 Å². The molecule has 9 heteroatoms. The molecule has 0 bridgehead atoms. The topological polar surface area (TPSA) is 53.1 Å². The molecule has 2 saturated heterocycles. The second-order valence-electron chi connectivity index (χ2n) is 14.8. The van der Waals surface area contributed by atoms with E-state index in [1.54, 1.807) is 33.8 Å². The summed E-state index contributed by atoms with van der Waals surface area (Å²) >= 11 is 0. The summed E-state index contributed by atoms with van der Waals surface area (Å²) in [5, 5.41) is 0. The van der Waals surface area contributed by atoms with Crippen LogP contribution in [0.2, 0.25) is 0 Å². The molecule has 2 aromatic rings. The third-order valence-electron chi connectivity index (χ3n) is 9.14. The van der Waals surface area contributed by atoms with Crippen molar-refractivity contribution in [2.24, 2.45) is 5.92 Å². The lowest BCUT2D eigenvalue weighted by Gasteiger charge is -2.48. The molecule has 2 aliphatic rings. The highest BCUT2D eigenvalue weighted by atomic mass is 19.1. The number of halogens is 3. The molecule has 0 aliphatic carbocycles. The van der Waals surface area contributed by atoms with Crippen LogP contribution in [0.3, 0.4) is 0 Å². The highest BCUT2D eigenvalue weighted by Crippen LogP contribution is 2.39. The number of carbonyl (C=O) groups excluding carboxylic acids is 2. The molecule has 4 atom stereocenters. The maximum absolute atomic E-state index is 15.0. The second-order valence-corrected chi connectivity index (χ2v) is 14.8. The van der Waals surface area contributed by atoms with Crippen LogP contribution in [0.1, 0.15) is 78.0 Å². The highest BCUT2D eigenvalue weighted by Gasteiger charge is 2.49. The minimum atomic E-state index is -1.18. The molecule has 0 radical (unpaired) electrons. The zero-order chi connectivity index (χ0) is 32.8. The molecule has 4 rings (SSSR count). The maximum Gasteiger partial charge on any atom is 0.327 e. The molecule has 242 valence electrons. The summed E-state index contributed by atoms with van der Waals surface area (Å²) in [6.07, 6.45) is 0.115. The molecule has 0 aromatic heterocycles. The number of hydrogen-bond donors (Lipinski definition) is 0. The molecule has 44 heavy (non-hydrogen) atoms. The van der Waals surface area contributed by atoms with E-state index in [2.05, 4.69) is 25.7 Å². The number of hydrogen-bond acceptors (Lipinski definition) is 5. The number of piperazine rings is 1. The standard InChI is InChI=1S/C35H48F3N3O3/c1-22-10-11-24(29(37)16-22)18-35(9,32(43)44-34(6,7)8)39-14-15-41(23(2)19-39)31(42)28-21-40(33(3,4)5)20-27(28)26-13-12-25(36)17-30(26)38/h10-13,16-17,23,27-28H,14-15,18-21H2,1-9H3/t23-,27-,28+,35?/m0/s1. The average Bonchev–Trinajstić information content (AvgIpc) is 3.35. The largest absolute Gasteiger partial charge is 0.459 e. The van der Waals surface area contributed by atoms with Crippen molar-refractivity contribution in [3.05, 3.63) is 70.5 Å². The highest BCUT2D eigenvalue weighted by molar-refractivity contribution is 5.82. The van der Waals surface area contributed by atoms with Crippen molar-refractivity contribution in [1.82, 2.24) is 14.7 Å². The molecule has 1 unspecified atom stereocenters. The van der Waals surface area contributed by atoms with Crippen molar-refractivity contribution in [3.8, 4) is 0 Å². The first-order valence-corrected chi connectivity index (χ1v) is 15.5. The Morgan fingerprint density at radius 2 is 1.55 bits per heavy atom. The Balaban J connectivity index is 1.60. The Hall–Kier alpha value is -2.91. The zero-order valence-electron chi connectivity index (χ0n) is 27.6. The Morgan fingerprint density at radius 1 is 0.864 bits per heavy atom. The van der Waals surface area contributed by atoms with Gasteiger partial charge in [-0.2, -0.15) is 0 Å². The van der Waals surface area contributed by atoms with Gasteiger partial charge in [-0.05, 0) is 91.1 Å². The zero-order valence-corrected chi connectivity index (χ0v) is 27.6. The van der Waals surface area contributed by atoms with Gasteiger partial charge in [0, 0.05) is 62.7 Å². The fraction of sp³-hybridized carbons (Fsp3) is 0.600. The van der Waals surface area contributed by atoms with Gasteiger partial charge in [0.05, 0.1) is 5.92 Å². The number of aryl methyl sites for hydroxylation is 1. The molecule has 2 heterocycles. The SMILES string of the molecule is Cc1ccc(CC(C)(C(=O)OC(C)(C)C)N2CCN(C(=O)[C@@H]3CN(C(C)(C)C)C[C@H]3c3ccc(F)cc3F)[C@@H](C)C2)c(F)c1. The van der Waals surface area contributed by atoms with E-state index in [4.69, 9.17) is 4.74 Å². The van der Waals surface area contributed by atoms with Crippen LogP contribution in [-0.2, 0) is 20.7 Å². The fourth-order valence-corrected chi connectivity index (χ4v) is 6.53. The number of esters is 1. The normalized spacial score (nSPS) is 23.5. The Bertz CT molecular complexity index is 1390. The van der Waals surface area contributed by atoms with E-state index in [-0.39, 0.29) is 29.7 Å². The number of likely N-dealkylation sites (tertiary alicyclic amines) is 1. The number of ether oxygens (including phenoxy) is 1. The first-order chi connectivity index (χ1) is 20.3. The van der Waals surface area contributed by atoms with E-state index in [0.29, 0.717) is 43.9 Å². The maximum atomic E-state index is 15.0. The number of amides is 1. The van der Waals surface area contributed by atoms with Crippen LogP contribution >= 0.6 is 0 Å². The van der Waals surface area contributed by atoms with Crippen molar-refractivity contribution in [3.63, 3.8) is 0 Å². The van der Waals surface area contributed by atoms with Crippen LogP contribution in [0.15, 0.2) is 36.4 Å². The minimum Gasteiger partial charge on any atom is -0.459 e. The monoisotopic (exact) mass is 615 g/mol. The van der Waals surface area contributed by atoms with E-state index in [9.17, 15) is 14.0 Å². The van der Waals surface area contributed by atoms with Crippen LogP contribution < -0.4 is 0 Å². The van der Waals surface area contributed by atoms with E-state index in [1.165, 1.54) is 18.2 Å². The second kappa shape index (κ2) is 12.5. The van der Waals surface area contributed by atoms with Crippen LogP contribution in [0.4, 0.5) is 13.2 Å². The predicted molar refractivity (Wildman–Crippen MR) is 166 cm³/mol. The van der Waals surface area contributed by atoms with Crippen molar-refractivity contribution < 1.29 is 27.5 Å². The van der Waals surface area contributed by atoms with Gasteiger partial charge in [0.15, 0.2) is 0 Å². The first kappa shape index (κ1) is 34.0. The van der Waals surface area contributed by atoms with E-state index in [1.807, 2.05) is 29.7 Å². The summed E-state index contributed by atoms with van der Waals surface area (Å²) in [5.74, 6) is -3.13. The molecule has 6 nitrogen and oxygen atoms in total. The molecule has 2 aliphatic heterocycles. The van der Waals surface area contributed by atoms with Gasteiger partial charge in [0.2, 0.25) is 5.91 Å². The summed E-state index contributed by atoms with van der Waals surface area (Å²) in [6.45, 7) is 19.2. The van der Waals surface area contributed by atoms with Gasteiger partial charge in [-0.1, -0.05) is 18.2 Å². The van der Waals surface area contributed by atoms with Gasteiger partial charge in [-0.3, -0.25) is 19.4 Å². The van der Waals surface area contributed by atoms with Crippen molar-refractivity contribution >= 4 is 11.9 Å². The van der Waals surface area contributed by atoms with Crippen LogP contribution in [-0.4, -0.2) is 82.0 Å². The molecule has 2 fully saturated rings. The third kappa shape index (κ3) is 7.31. The summed E-state index contributed by atoms with van der Waals surface area (Å²) in [4.78, 5) is 34.0. The Kier molecular flexibility index (Phi) is 9.63. The van der Waals surface area contributed by atoms with Gasteiger partial charge in [-0.15, -0.1) is 0 Å². The summed E-state index contributed by atoms with van der Waals surface area (Å²) in [5.41, 5.74) is -0.591. The molecule has 0 saturated carbocycles. The Morgan fingerprint density at radius 3 is 2.11 bits per heavy atom. The van der Waals surface area contributed by atoms with Crippen LogP contribution in [0.25, 0.3) is 0 Å². The third-order valence-corrected chi connectivity index (χ3v) is 9.14. The van der Waals surface area contributed by atoms with Crippen molar-refractivity contribution in [2.45, 2.75) is 97.4 Å². The Labute approximate surface area is 260 Å². The van der Waals surface area contributed by atoms with Crippen LogP contribution in [0.5, 0.6) is 0 Å². The van der Waals surface area contributed by atoms with E-state index in [0.717, 1.165) is 11.6 Å². The quantitative estimate of drug-likeness (QED) is 0.368. The first-order valence-electron chi connectivity index (χ1n) is 15.5. The van der Waals surface area contributed by atoms with Crippen LogP contribution in [0, 0.1) is 30.3 Å². The number of nitrogens with zero attached hydrogens (tertiary/aromatic N) is 3. The predicted octanol–water partition coefficient (Wildman–Crippen LogP) is 6.10. The summed E-state index contributed by atoms with van der Waals surface area (Å²) < 4.78 is 49.7. The average molecular weight is 616 g/mol. The number of rotatable bonds is 6. The number of benzene rings is 2. The lowest BCUT2D eigenvalue weighted by molar-refractivity contribution is -0.171.